The van der Waals surface area contributed by atoms with Gasteiger partial charge in [-0.1, -0.05) is 42.3 Å². The molecule has 3 rings (SSSR count). The van der Waals surface area contributed by atoms with E-state index in [2.05, 4.69) is 28.4 Å². The van der Waals surface area contributed by atoms with Gasteiger partial charge in [0, 0.05) is 18.7 Å². The van der Waals surface area contributed by atoms with Crippen LogP contribution >= 0.6 is 11.6 Å². The van der Waals surface area contributed by atoms with Crippen LogP contribution in [0.3, 0.4) is 0 Å². The first-order valence-electron chi connectivity index (χ1n) is 9.07. The quantitative estimate of drug-likeness (QED) is 0.823. The summed E-state index contributed by atoms with van der Waals surface area (Å²) < 4.78 is 5.12. The summed E-state index contributed by atoms with van der Waals surface area (Å²) in [7, 11) is 1.55. The van der Waals surface area contributed by atoms with E-state index >= 15 is 0 Å². The minimum atomic E-state index is -0.143. The Labute approximate surface area is 160 Å². The van der Waals surface area contributed by atoms with Crippen LogP contribution in [-0.2, 0) is 13.1 Å². The van der Waals surface area contributed by atoms with Crippen LogP contribution < -0.4 is 10.1 Å². The number of likely N-dealkylation sites (tertiary alicyclic amines) is 1. The maximum Gasteiger partial charge on any atom is 0.251 e. The van der Waals surface area contributed by atoms with Crippen LogP contribution in [-0.4, -0.2) is 31.0 Å². The minimum Gasteiger partial charge on any atom is -0.495 e. The number of rotatable bonds is 6. The third-order valence-electron chi connectivity index (χ3n) is 4.71. The summed E-state index contributed by atoms with van der Waals surface area (Å²) in [6.45, 7) is 3.84. The number of amides is 1. The molecule has 0 aromatic heterocycles. The summed E-state index contributed by atoms with van der Waals surface area (Å²) in [4.78, 5) is 14.9. The second-order valence-electron chi connectivity index (χ2n) is 6.69. The van der Waals surface area contributed by atoms with Crippen molar-refractivity contribution in [1.82, 2.24) is 10.2 Å². The van der Waals surface area contributed by atoms with Gasteiger partial charge in [0.2, 0.25) is 0 Å². The monoisotopic (exact) mass is 372 g/mol. The number of hydrogen-bond donors (Lipinski definition) is 1. The summed E-state index contributed by atoms with van der Waals surface area (Å²) in [6, 6.07) is 13.5. The molecule has 2 aromatic rings. The molecular weight excluding hydrogens is 348 g/mol. The van der Waals surface area contributed by atoms with Crippen molar-refractivity contribution in [3.8, 4) is 5.75 Å². The molecule has 0 spiro atoms. The van der Waals surface area contributed by atoms with E-state index in [1.165, 1.54) is 37.9 Å². The van der Waals surface area contributed by atoms with E-state index in [9.17, 15) is 4.79 Å². The second-order valence-corrected chi connectivity index (χ2v) is 7.10. The first-order chi connectivity index (χ1) is 12.7. The number of halogens is 1. The summed E-state index contributed by atoms with van der Waals surface area (Å²) in [6.07, 6.45) is 3.93. The highest BCUT2D eigenvalue weighted by Gasteiger charge is 2.11. The molecule has 1 aliphatic rings. The Bertz CT molecular complexity index is 757. The van der Waals surface area contributed by atoms with Crippen molar-refractivity contribution in [2.75, 3.05) is 20.2 Å². The fraction of sp³-hybridized carbons (Fsp3) is 0.381. The molecule has 1 saturated heterocycles. The molecule has 1 heterocycles. The van der Waals surface area contributed by atoms with E-state index in [1.54, 1.807) is 25.3 Å². The molecule has 0 saturated carbocycles. The van der Waals surface area contributed by atoms with Crippen LogP contribution in [0.25, 0.3) is 0 Å². The molecule has 1 N–H and O–H groups in total. The van der Waals surface area contributed by atoms with Gasteiger partial charge in [0.25, 0.3) is 5.91 Å². The fourth-order valence-corrected chi connectivity index (χ4v) is 3.56. The highest BCUT2D eigenvalue weighted by Crippen LogP contribution is 2.24. The number of nitrogens with one attached hydrogen (secondary N) is 1. The Kier molecular flexibility index (Phi) is 6.53. The first-order valence-corrected chi connectivity index (χ1v) is 9.45. The molecule has 1 aliphatic heterocycles. The molecule has 26 heavy (non-hydrogen) atoms. The van der Waals surface area contributed by atoms with Crippen LogP contribution in [0.5, 0.6) is 5.75 Å². The fourth-order valence-electron chi connectivity index (χ4n) is 3.31. The molecule has 2 aromatic carbocycles. The molecule has 0 aliphatic carbocycles. The zero-order valence-corrected chi connectivity index (χ0v) is 15.9. The lowest BCUT2D eigenvalue weighted by Gasteiger charge is -2.26. The summed E-state index contributed by atoms with van der Waals surface area (Å²) in [5.41, 5.74) is 2.93. The predicted octanol–water partition coefficient (Wildman–Crippen LogP) is 4.26. The lowest BCUT2D eigenvalue weighted by atomic mass is 10.1. The highest BCUT2D eigenvalue weighted by atomic mass is 35.5. The molecular formula is C21H25ClN2O2. The lowest BCUT2D eigenvalue weighted by molar-refractivity contribution is 0.0951. The van der Waals surface area contributed by atoms with Gasteiger partial charge in [0.05, 0.1) is 12.1 Å². The molecule has 0 unspecified atom stereocenters. The normalized spacial score (nSPS) is 14.8. The molecule has 5 heteroatoms. The standard InChI is InChI=1S/C21H25ClN2O2/c1-26-20-9-8-18(13-19(20)22)21(25)23-14-16-6-5-7-17(12-16)15-24-10-3-2-4-11-24/h5-9,12-13H,2-4,10-11,14-15H2,1H3,(H,23,25). The topological polar surface area (TPSA) is 41.6 Å². The van der Waals surface area contributed by atoms with Gasteiger partial charge in [0.1, 0.15) is 5.75 Å². The number of benzene rings is 2. The maximum atomic E-state index is 12.4. The van der Waals surface area contributed by atoms with Gasteiger partial charge >= 0.3 is 0 Å². The Hall–Kier alpha value is -2.04. The Morgan fingerprint density at radius 1 is 1.12 bits per heavy atom. The van der Waals surface area contributed by atoms with Crippen molar-refractivity contribution in [3.63, 3.8) is 0 Å². The van der Waals surface area contributed by atoms with Crippen LogP contribution in [0, 0.1) is 0 Å². The van der Waals surface area contributed by atoms with Crippen LogP contribution in [0.4, 0.5) is 0 Å². The zero-order valence-electron chi connectivity index (χ0n) is 15.1. The first kappa shape index (κ1) is 18.7. The number of hydrogen-bond acceptors (Lipinski definition) is 3. The lowest BCUT2D eigenvalue weighted by Crippen LogP contribution is -2.29. The van der Waals surface area contributed by atoms with E-state index in [4.69, 9.17) is 16.3 Å². The van der Waals surface area contributed by atoms with Crippen LogP contribution in [0.15, 0.2) is 42.5 Å². The van der Waals surface area contributed by atoms with Crippen LogP contribution in [0.2, 0.25) is 5.02 Å². The summed E-state index contributed by atoms with van der Waals surface area (Å²) in [5.74, 6) is 0.421. The largest absolute Gasteiger partial charge is 0.495 e. The predicted molar refractivity (Wildman–Crippen MR) is 105 cm³/mol. The van der Waals surface area contributed by atoms with Gasteiger partial charge in [-0.25, -0.2) is 0 Å². The van der Waals surface area contributed by atoms with E-state index in [0.29, 0.717) is 22.9 Å². The molecule has 1 amide bonds. The van der Waals surface area contributed by atoms with Crippen molar-refractivity contribution >= 4 is 17.5 Å². The molecule has 4 nitrogen and oxygen atoms in total. The summed E-state index contributed by atoms with van der Waals surface area (Å²) >= 11 is 6.09. The van der Waals surface area contributed by atoms with Crippen molar-refractivity contribution in [1.29, 1.82) is 0 Å². The van der Waals surface area contributed by atoms with Gasteiger partial charge in [0.15, 0.2) is 0 Å². The summed E-state index contributed by atoms with van der Waals surface area (Å²) in [5, 5.41) is 3.39. The van der Waals surface area contributed by atoms with Gasteiger partial charge < -0.3 is 10.1 Å². The SMILES string of the molecule is COc1ccc(C(=O)NCc2cccc(CN3CCCCC3)c2)cc1Cl. The zero-order chi connectivity index (χ0) is 18.4. The average molecular weight is 373 g/mol. The number of methoxy groups -OCH3 is 1. The molecule has 138 valence electrons. The number of nitrogens with zero attached hydrogens (tertiary/aromatic N) is 1. The number of piperidine rings is 1. The maximum absolute atomic E-state index is 12.4. The van der Waals surface area contributed by atoms with Crippen molar-refractivity contribution in [2.24, 2.45) is 0 Å². The smallest absolute Gasteiger partial charge is 0.251 e. The van der Waals surface area contributed by atoms with Crippen molar-refractivity contribution in [2.45, 2.75) is 32.4 Å². The van der Waals surface area contributed by atoms with Gasteiger partial charge in [-0.3, -0.25) is 9.69 Å². The molecule has 0 bridgehead atoms. The number of carbonyl (C=O) groups is 1. The Morgan fingerprint density at radius 3 is 2.62 bits per heavy atom. The second kappa shape index (κ2) is 9.06. The third-order valence-corrected chi connectivity index (χ3v) is 5.01. The van der Waals surface area contributed by atoms with Gasteiger partial charge in [-0.15, -0.1) is 0 Å². The third kappa shape index (κ3) is 4.99. The Morgan fingerprint density at radius 2 is 1.88 bits per heavy atom. The van der Waals surface area contributed by atoms with E-state index in [1.807, 2.05) is 6.07 Å². The van der Waals surface area contributed by atoms with Crippen molar-refractivity contribution < 1.29 is 9.53 Å². The highest BCUT2D eigenvalue weighted by molar-refractivity contribution is 6.32. The van der Waals surface area contributed by atoms with E-state index in [-0.39, 0.29) is 5.91 Å². The van der Waals surface area contributed by atoms with Crippen LogP contribution in [0.1, 0.15) is 40.7 Å². The number of ether oxygens (including phenoxy) is 1. The van der Waals surface area contributed by atoms with Gasteiger partial charge in [-0.05, 0) is 55.3 Å². The van der Waals surface area contributed by atoms with Gasteiger partial charge in [-0.2, -0.15) is 0 Å². The Balaban J connectivity index is 1.57. The average Bonchev–Trinajstić information content (AvgIpc) is 2.67. The van der Waals surface area contributed by atoms with Crippen molar-refractivity contribution in [3.05, 3.63) is 64.2 Å². The molecule has 0 radical (unpaired) electrons. The minimum absolute atomic E-state index is 0.143. The van der Waals surface area contributed by atoms with E-state index in [0.717, 1.165) is 12.1 Å². The molecule has 0 atom stereocenters. The molecule has 1 fully saturated rings. The number of carbonyl (C=O) groups excluding carboxylic acids is 1. The van der Waals surface area contributed by atoms with E-state index < -0.39 is 0 Å².